The average Bonchev–Trinajstić information content (AvgIpc) is 2.39. The maximum absolute atomic E-state index is 11.0. The van der Waals surface area contributed by atoms with E-state index < -0.39 is 5.54 Å². The summed E-state index contributed by atoms with van der Waals surface area (Å²) >= 11 is 11.9. The number of carbonyl (C=O) groups excluding carboxylic acids is 1. The molecule has 5 heteroatoms. The monoisotopic (exact) mass is 315 g/mol. The highest BCUT2D eigenvalue weighted by atomic mass is 35.5. The molecule has 1 aromatic carbocycles. The second-order valence-corrected chi connectivity index (χ2v) is 5.75. The highest BCUT2D eigenvalue weighted by Crippen LogP contribution is 2.24. The lowest BCUT2D eigenvalue weighted by Crippen LogP contribution is -2.48. The average molecular weight is 316 g/mol. The highest BCUT2D eigenvalue weighted by molar-refractivity contribution is 6.42. The summed E-state index contributed by atoms with van der Waals surface area (Å²) in [6, 6.07) is 5.50. The SMILES string of the molecule is C=CCN[C@@](C)(COC(C)=O)Cc1ccc(Cl)c(Cl)c1. The first-order valence-corrected chi connectivity index (χ1v) is 7.05. The number of hydrogen-bond donors (Lipinski definition) is 1. The van der Waals surface area contributed by atoms with Crippen LogP contribution >= 0.6 is 23.2 Å². The molecule has 1 N–H and O–H groups in total. The van der Waals surface area contributed by atoms with E-state index in [1.165, 1.54) is 6.92 Å². The van der Waals surface area contributed by atoms with Crippen LogP contribution in [0.15, 0.2) is 30.9 Å². The summed E-state index contributed by atoms with van der Waals surface area (Å²) in [6.07, 6.45) is 2.42. The standard InChI is InChI=1S/C15H19Cl2NO2/c1-4-7-18-15(3,10-20-11(2)19)9-12-5-6-13(16)14(17)8-12/h4-6,8,18H,1,7,9-10H2,2-3H3/t15-/m1/s1. The van der Waals surface area contributed by atoms with Crippen molar-refractivity contribution in [1.29, 1.82) is 0 Å². The fourth-order valence-corrected chi connectivity index (χ4v) is 2.16. The van der Waals surface area contributed by atoms with Crippen LogP contribution in [0.3, 0.4) is 0 Å². The zero-order valence-electron chi connectivity index (χ0n) is 11.7. The molecule has 1 aromatic rings. The lowest BCUT2D eigenvalue weighted by atomic mass is 9.93. The lowest BCUT2D eigenvalue weighted by molar-refractivity contribution is -0.143. The van der Waals surface area contributed by atoms with Crippen LogP contribution in [0.25, 0.3) is 0 Å². The van der Waals surface area contributed by atoms with Crippen LogP contribution in [0.2, 0.25) is 10.0 Å². The van der Waals surface area contributed by atoms with Gasteiger partial charge in [0, 0.05) is 13.5 Å². The molecule has 1 atom stereocenters. The van der Waals surface area contributed by atoms with Crippen LogP contribution in [-0.4, -0.2) is 24.7 Å². The van der Waals surface area contributed by atoms with Gasteiger partial charge in [-0.1, -0.05) is 35.3 Å². The molecule has 0 unspecified atom stereocenters. The second-order valence-electron chi connectivity index (χ2n) is 4.94. The molecule has 0 aliphatic heterocycles. The number of halogens is 2. The third-order valence-corrected chi connectivity index (χ3v) is 3.58. The van der Waals surface area contributed by atoms with E-state index in [1.54, 1.807) is 12.1 Å². The number of rotatable bonds is 7. The zero-order chi connectivity index (χ0) is 15.2. The van der Waals surface area contributed by atoms with Gasteiger partial charge in [-0.3, -0.25) is 4.79 Å². The van der Waals surface area contributed by atoms with Gasteiger partial charge in [-0.25, -0.2) is 0 Å². The van der Waals surface area contributed by atoms with Gasteiger partial charge in [-0.15, -0.1) is 6.58 Å². The van der Waals surface area contributed by atoms with E-state index in [0.717, 1.165) is 5.56 Å². The minimum atomic E-state index is -0.392. The summed E-state index contributed by atoms with van der Waals surface area (Å²) in [5.41, 5.74) is 0.627. The molecule has 0 aliphatic carbocycles. The van der Waals surface area contributed by atoms with Gasteiger partial charge in [0.2, 0.25) is 0 Å². The Morgan fingerprint density at radius 1 is 1.45 bits per heavy atom. The van der Waals surface area contributed by atoms with Gasteiger partial charge in [0.15, 0.2) is 0 Å². The van der Waals surface area contributed by atoms with Crippen molar-refractivity contribution in [2.24, 2.45) is 0 Å². The quantitative estimate of drug-likeness (QED) is 0.616. The number of benzene rings is 1. The first-order chi connectivity index (χ1) is 9.36. The summed E-state index contributed by atoms with van der Waals surface area (Å²) in [6.45, 7) is 7.97. The number of nitrogens with one attached hydrogen (secondary N) is 1. The topological polar surface area (TPSA) is 38.3 Å². The van der Waals surface area contributed by atoms with Crippen LogP contribution in [-0.2, 0) is 16.0 Å². The molecule has 0 saturated heterocycles. The molecule has 0 bridgehead atoms. The van der Waals surface area contributed by atoms with Crippen molar-refractivity contribution in [2.45, 2.75) is 25.8 Å². The summed E-state index contributed by atoms with van der Waals surface area (Å²) in [5.74, 6) is -0.300. The van der Waals surface area contributed by atoms with Crippen LogP contribution in [0.5, 0.6) is 0 Å². The Balaban J connectivity index is 2.83. The van der Waals surface area contributed by atoms with Crippen LogP contribution in [0.1, 0.15) is 19.4 Å². The van der Waals surface area contributed by atoms with Gasteiger partial charge >= 0.3 is 5.97 Å². The maximum Gasteiger partial charge on any atom is 0.302 e. The molecule has 0 heterocycles. The molecule has 3 nitrogen and oxygen atoms in total. The van der Waals surface area contributed by atoms with E-state index in [9.17, 15) is 4.79 Å². The summed E-state index contributed by atoms with van der Waals surface area (Å²) < 4.78 is 5.14. The first kappa shape index (κ1) is 17.0. The molecule has 1 rings (SSSR count). The second kappa shape index (κ2) is 7.67. The van der Waals surface area contributed by atoms with Crippen molar-refractivity contribution in [3.8, 4) is 0 Å². The molecular weight excluding hydrogens is 297 g/mol. The van der Waals surface area contributed by atoms with E-state index in [1.807, 2.05) is 19.1 Å². The van der Waals surface area contributed by atoms with Crippen LogP contribution in [0.4, 0.5) is 0 Å². The maximum atomic E-state index is 11.0. The summed E-state index contributed by atoms with van der Waals surface area (Å²) in [4.78, 5) is 11.0. The Morgan fingerprint density at radius 2 is 2.15 bits per heavy atom. The van der Waals surface area contributed by atoms with Gasteiger partial charge in [-0.2, -0.15) is 0 Å². The Kier molecular flexibility index (Phi) is 6.53. The third-order valence-electron chi connectivity index (χ3n) is 2.85. The summed E-state index contributed by atoms with van der Waals surface area (Å²) in [5, 5.41) is 4.35. The molecule has 0 saturated carbocycles. The minimum Gasteiger partial charge on any atom is -0.464 e. The molecular formula is C15H19Cl2NO2. The molecule has 0 aromatic heterocycles. The molecule has 110 valence electrons. The smallest absolute Gasteiger partial charge is 0.302 e. The van der Waals surface area contributed by atoms with Crippen molar-refractivity contribution >= 4 is 29.2 Å². The highest BCUT2D eigenvalue weighted by Gasteiger charge is 2.25. The predicted octanol–water partition coefficient (Wildman–Crippen LogP) is 3.63. The number of carbonyl (C=O) groups is 1. The number of hydrogen-bond acceptors (Lipinski definition) is 3. The number of esters is 1. The van der Waals surface area contributed by atoms with Crippen LogP contribution in [0, 0.1) is 0 Å². The zero-order valence-corrected chi connectivity index (χ0v) is 13.2. The van der Waals surface area contributed by atoms with Gasteiger partial charge in [0.05, 0.1) is 15.6 Å². The first-order valence-electron chi connectivity index (χ1n) is 6.29. The molecule has 0 fully saturated rings. The van der Waals surface area contributed by atoms with Gasteiger partial charge in [0.25, 0.3) is 0 Å². The van der Waals surface area contributed by atoms with Gasteiger partial charge in [0.1, 0.15) is 6.61 Å². The Hall–Kier alpha value is -1.03. The number of ether oxygens (including phenoxy) is 1. The minimum absolute atomic E-state index is 0.274. The molecule has 0 radical (unpaired) electrons. The fraction of sp³-hybridized carbons (Fsp3) is 0.400. The Bertz CT molecular complexity index is 491. The normalized spacial score (nSPS) is 13.6. The van der Waals surface area contributed by atoms with Crippen molar-refractivity contribution in [2.75, 3.05) is 13.2 Å². The van der Waals surface area contributed by atoms with E-state index in [4.69, 9.17) is 27.9 Å². The van der Waals surface area contributed by atoms with Crippen molar-refractivity contribution in [3.05, 3.63) is 46.5 Å². The van der Waals surface area contributed by atoms with Crippen molar-refractivity contribution in [3.63, 3.8) is 0 Å². The Labute approximate surface area is 129 Å². The van der Waals surface area contributed by atoms with Gasteiger partial charge < -0.3 is 10.1 Å². The largest absolute Gasteiger partial charge is 0.464 e. The fourth-order valence-electron chi connectivity index (χ4n) is 1.84. The predicted molar refractivity (Wildman–Crippen MR) is 83.4 cm³/mol. The molecule has 0 amide bonds. The Morgan fingerprint density at radius 3 is 2.70 bits per heavy atom. The van der Waals surface area contributed by atoms with Crippen molar-refractivity contribution < 1.29 is 9.53 Å². The summed E-state index contributed by atoms with van der Waals surface area (Å²) in [7, 11) is 0. The molecule has 20 heavy (non-hydrogen) atoms. The molecule has 0 spiro atoms. The van der Waals surface area contributed by atoms with Gasteiger partial charge in [-0.05, 0) is 31.0 Å². The van der Waals surface area contributed by atoms with Crippen molar-refractivity contribution in [1.82, 2.24) is 5.32 Å². The van der Waals surface area contributed by atoms with Crippen LogP contribution < -0.4 is 5.32 Å². The lowest BCUT2D eigenvalue weighted by Gasteiger charge is -2.30. The van der Waals surface area contributed by atoms with E-state index in [0.29, 0.717) is 23.0 Å². The van der Waals surface area contributed by atoms with E-state index in [-0.39, 0.29) is 12.6 Å². The molecule has 0 aliphatic rings. The van der Waals surface area contributed by atoms with E-state index in [2.05, 4.69) is 11.9 Å². The van der Waals surface area contributed by atoms with E-state index >= 15 is 0 Å². The third kappa shape index (κ3) is 5.53.